The van der Waals surface area contributed by atoms with Gasteiger partial charge < -0.3 is 9.64 Å². The summed E-state index contributed by atoms with van der Waals surface area (Å²) in [6.45, 7) is 1.16. The van der Waals surface area contributed by atoms with Gasteiger partial charge in [0.2, 0.25) is 0 Å². The number of carbonyl (C=O) groups excluding carboxylic acids is 2. The molecular formula is C15H19NO3S. The number of nitrogens with zero attached hydrogens (tertiary/aromatic N) is 1. The molecule has 1 saturated heterocycles. The maximum atomic E-state index is 12.6. The first-order chi connectivity index (χ1) is 9.67. The van der Waals surface area contributed by atoms with Crippen LogP contribution in [0.15, 0.2) is 29.2 Å². The van der Waals surface area contributed by atoms with E-state index < -0.39 is 0 Å². The van der Waals surface area contributed by atoms with Crippen LogP contribution in [0.3, 0.4) is 0 Å². The summed E-state index contributed by atoms with van der Waals surface area (Å²) in [4.78, 5) is 27.0. The SMILES string of the molecule is COC(=O)C1CCCN(C(=O)c2ccccc2SC)C1. The molecule has 1 unspecified atom stereocenters. The zero-order valence-electron chi connectivity index (χ0n) is 11.8. The number of esters is 1. The first kappa shape index (κ1) is 14.9. The Balaban J connectivity index is 2.14. The van der Waals surface area contributed by atoms with Crippen LogP contribution in [-0.2, 0) is 9.53 Å². The molecule has 1 atom stereocenters. The Labute approximate surface area is 123 Å². The van der Waals surface area contributed by atoms with E-state index in [0.717, 1.165) is 17.7 Å². The predicted molar refractivity (Wildman–Crippen MR) is 78.9 cm³/mol. The molecule has 5 heteroatoms. The molecule has 1 fully saturated rings. The third-order valence-electron chi connectivity index (χ3n) is 3.58. The maximum absolute atomic E-state index is 12.6. The molecule has 0 aliphatic carbocycles. The molecule has 108 valence electrons. The fourth-order valence-electron chi connectivity index (χ4n) is 2.51. The smallest absolute Gasteiger partial charge is 0.310 e. The minimum atomic E-state index is -0.222. The van der Waals surface area contributed by atoms with Crippen molar-refractivity contribution in [3.63, 3.8) is 0 Å². The van der Waals surface area contributed by atoms with E-state index in [4.69, 9.17) is 4.74 Å². The first-order valence-electron chi connectivity index (χ1n) is 6.67. The third kappa shape index (κ3) is 3.15. The van der Waals surface area contributed by atoms with Crippen molar-refractivity contribution in [3.8, 4) is 0 Å². The molecule has 4 nitrogen and oxygen atoms in total. The minimum Gasteiger partial charge on any atom is -0.469 e. The van der Waals surface area contributed by atoms with E-state index >= 15 is 0 Å². The van der Waals surface area contributed by atoms with E-state index in [-0.39, 0.29) is 17.8 Å². The lowest BCUT2D eigenvalue weighted by Gasteiger charge is -2.31. The fraction of sp³-hybridized carbons (Fsp3) is 0.467. The number of piperidine rings is 1. The van der Waals surface area contributed by atoms with Gasteiger partial charge in [-0.05, 0) is 31.2 Å². The first-order valence-corrected chi connectivity index (χ1v) is 7.90. The molecule has 0 radical (unpaired) electrons. The molecule has 1 amide bonds. The zero-order chi connectivity index (χ0) is 14.5. The van der Waals surface area contributed by atoms with Crippen LogP contribution in [0, 0.1) is 5.92 Å². The molecule has 2 rings (SSSR count). The highest BCUT2D eigenvalue weighted by Crippen LogP contribution is 2.24. The van der Waals surface area contributed by atoms with Gasteiger partial charge in [-0.25, -0.2) is 0 Å². The molecule has 1 heterocycles. The Morgan fingerprint density at radius 1 is 1.35 bits per heavy atom. The van der Waals surface area contributed by atoms with E-state index in [1.54, 1.807) is 16.7 Å². The van der Waals surface area contributed by atoms with Gasteiger partial charge in [0, 0.05) is 18.0 Å². The van der Waals surface area contributed by atoms with Crippen molar-refractivity contribution in [1.82, 2.24) is 4.90 Å². The summed E-state index contributed by atoms with van der Waals surface area (Å²) < 4.78 is 4.79. The summed E-state index contributed by atoms with van der Waals surface area (Å²) in [6, 6.07) is 7.58. The van der Waals surface area contributed by atoms with E-state index in [1.165, 1.54) is 7.11 Å². The summed E-state index contributed by atoms with van der Waals surface area (Å²) in [7, 11) is 1.39. The number of rotatable bonds is 3. The molecule has 1 aliphatic heterocycles. The van der Waals surface area contributed by atoms with Gasteiger partial charge in [-0.3, -0.25) is 9.59 Å². The molecule has 1 aromatic rings. The van der Waals surface area contributed by atoms with Crippen molar-refractivity contribution in [2.75, 3.05) is 26.5 Å². The summed E-state index contributed by atoms with van der Waals surface area (Å²) in [5.41, 5.74) is 0.713. The molecule has 0 bridgehead atoms. The highest BCUT2D eigenvalue weighted by molar-refractivity contribution is 7.98. The van der Waals surface area contributed by atoms with Crippen molar-refractivity contribution in [2.45, 2.75) is 17.7 Å². The molecule has 1 aliphatic rings. The molecule has 0 aromatic heterocycles. The normalized spacial score (nSPS) is 18.7. The number of benzene rings is 1. The molecule has 0 spiro atoms. The average Bonchev–Trinajstić information content (AvgIpc) is 2.53. The third-order valence-corrected chi connectivity index (χ3v) is 4.38. The molecular weight excluding hydrogens is 274 g/mol. The Morgan fingerprint density at radius 3 is 2.80 bits per heavy atom. The Kier molecular flexibility index (Phi) is 5.06. The molecule has 0 saturated carbocycles. The monoisotopic (exact) mass is 293 g/mol. The minimum absolute atomic E-state index is 0.00329. The van der Waals surface area contributed by atoms with E-state index in [1.807, 2.05) is 30.5 Å². The summed E-state index contributed by atoms with van der Waals surface area (Å²) in [5.74, 6) is -0.414. The van der Waals surface area contributed by atoms with E-state index in [9.17, 15) is 9.59 Å². The number of thioether (sulfide) groups is 1. The van der Waals surface area contributed by atoms with Crippen molar-refractivity contribution < 1.29 is 14.3 Å². The van der Waals surface area contributed by atoms with Crippen LogP contribution in [0.4, 0.5) is 0 Å². The van der Waals surface area contributed by atoms with Gasteiger partial charge in [-0.1, -0.05) is 12.1 Å². The van der Waals surface area contributed by atoms with Crippen molar-refractivity contribution in [1.29, 1.82) is 0 Å². The standard InChI is InChI=1S/C15H19NO3S/c1-19-15(18)11-6-5-9-16(10-11)14(17)12-7-3-4-8-13(12)20-2/h3-4,7-8,11H,5-6,9-10H2,1-2H3. The molecule has 20 heavy (non-hydrogen) atoms. The number of likely N-dealkylation sites (tertiary alicyclic amines) is 1. The van der Waals surface area contributed by atoms with Crippen LogP contribution in [0.25, 0.3) is 0 Å². The van der Waals surface area contributed by atoms with Gasteiger partial charge in [-0.15, -0.1) is 11.8 Å². The largest absolute Gasteiger partial charge is 0.469 e. The van der Waals surface area contributed by atoms with Crippen LogP contribution < -0.4 is 0 Å². The highest BCUT2D eigenvalue weighted by atomic mass is 32.2. The topological polar surface area (TPSA) is 46.6 Å². The van der Waals surface area contributed by atoms with Crippen LogP contribution in [0.2, 0.25) is 0 Å². The Hall–Kier alpha value is -1.49. The fourth-order valence-corrected chi connectivity index (χ4v) is 3.10. The van der Waals surface area contributed by atoms with Crippen LogP contribution in [0.1, 0.15) is 23.2 Å². The van der Waals surface area contributed by atoms with Crippen molar-refractivity contribution in [2.24, 2.45) is 5.92 Å². The lowest BCUT2D eigenvalue weighted by molar-refractivity contribution is -0.146. The highest BCUT2D eigenvalue weighted by Gasteiger charge is 2.30. The van der Waals surface area contributed by atoms with Gasteiger partial charge in [0.15, 0.2) is 0 Å². The maximum Gasteiger partial charge on any atom is 0.310 e. The summed E-state index contributed by atoms with van der Waals surface area (Å²) >= 11 is 1.56. The summed E-state index contributed by atoms with van der Waals surface area (Å²) in [5, 5.41) is 0. The van der Waals surface area contributed by atoms with Crippen molar-refractivity contribution >= 4 is 23.6 Å². The lowest BCUT2D eigenvalue weighted by atomic mass is 9.97. The second kappa shape index (κ2) is 6.79. The second-order valence-electron chi connectivity index (χ2n) is 4.81. The van der Waals surface area contributed by atoms with Gasteiger partial charge >= 0.3 is 5.97 Å². The van der Waals surface area contributed by atoms with Gasteiger partial charge in [0.25, 0.3) is 5.91 Å². The van der Waals surface area contributed by atoms with Crippen LogP contribution in [-0.4, -0.2) is 43.2 Å². The van der Waals surface area contributed by atoms with Gasteiger partial charge in [-0.2, -0.15) is 0 Å². The predicted octanol–water partition coefficient (Wildman–Crippen LogP) is 2.43. The Bertz CT molecular complexity index is 504. The van der Waals surface area contributed by atoms with E-state index in [2.05, 4.69) is 0 Å². The van der Waals surface area contributed by atoms with E-state index in [0.29, 0.717) is 18.7 Å². The summed E-state index contributed by atoms with van der Waals surface area (Å²) in [6.07, 6.45) is 3.59. The van der Waals surface area contributed by atoms with Crippen molar-refractivity contribution in [3.05, 3.63) is 29.8 Å². The average molecular weight is 293 g/mol. The zero-order valence-corrected chi connectivity index (χ0v) is 12.6. The Morgan fingerprint density at radius 2 is 2.10 bits per heavy atom. The van der Waals surface area contributed by atoms with Crippen LogP contribution >= 0.6 is 11.8 Å². The van der Waals surface area contributed by atoms with Gasteiger partial charge in [0.05, 0.1) is 18.6 Å². The molecule has 0 N–H and O–H groups in total. The quantitative estimate of drug-likeness (QED) is 0.634. The number of hydrogen-bond acceptors (Lipinski definition) is 4. The number of ether oxygens (including phenoxy) is 1. The number of amides is 1. The number of hydrogen-bond donors (Lipinski definition) is 0. The number of methoxy groups -OCH3 is 1. The lowest BCUT2D eigenvalue weighted by Crippen LogP contribution is -2.42. The molecule has 1 aromatic carbocycles. The number of carbonyl (C=O) groups is 2. The van der Waals surface area contributed by atoms with Crippen LogP contribution in [0.5, 0.6) is 0 Å². The second-order valence-corrected chi connectivity index (χ2v) is 5.66. The van der Waals surface area contributed by atoms with Gasteiger partial charge in [0.1, 0.15) is 0 Å².